The maximum Gasteiger partial charge on any atom is 0.236 e. The van der Waals surface area contributed by atoms with Crippen molar-refractivity contribution in [2.24, 2.45) is 11.3 Å². The SMILES string of the molecule is CCCC12CC1C(=O)N(Cc1ccccc1)C2=O. The van der Waals surface area contributed by atoms with Crippen molar-refractivity contribution in [1.29, 1.82) is 0 Å². The summed E-state index contributed by atoms with van der Waals surface area (Å²) in [5.41, 5.74) is 0.702. The molecule has 1 aliphatic heterocycles. The van der Waals surface area contributed by atoms with Gasteiger partial charge in [-0.15, -0.1) is 0 Å². The summed E-state index contributed by atoms with van der Waals surface area (Å²) in [5, 5.41) is 0. The van der Waals surface area contributed by atoms with Gasteiger partial charge >= 0.3 is 0 Å². The van der Waals surface area contributed by atoms with Crippen LogP contribution in [0.5, 0.6) is 0 Å². The van der Waals surface area contributed by atoms with Crippen molar-refractivity contribution >= 4 is 11.8 Å². The number of amides is 2. The summed E-state index contributed by atoms with van der Waals surface area (Å²) in [5.74, 6) is 0.0779. The zero-order valence-electron chi connectivity index (χ0n) is 10.6. The van der Waals surface area contributed by atoms with E-state index < -0.39 is 0 Å². The smallest absolute Gasteiger partial charge is 0.236 e. The van der Waals surface area contributed by atoms with Crippen LogP contribution in [-0.4, -0.2) is 16.7 Å². The highest BCUT2D eigenvalue weighted by Gasteiger charge is 2.70. The number of hydrogen-bond donors (Lipinski definition) is 0. The lowest BCUT2D eigenvalue weighted by atomic mass is 9.99. The molecular weight excluding hydrogens is 226 g/mol. The highest BCUT2D eigenvalue weighted by Crippen LogP contribution is 2.62. The van der Waals surface area contributed by atoms with Crippen LogP contribution in [0.1, 0.15) is 31.7 Å². The van der Waals surface area contributed by atoms with Crippen molar-refractivity contribution in [2.45, 2.75) is 32.7 Å². The average Bonchev–Trinajstić information content (AvgIpc) is 3.07. The van der Waals surface area contributed by atoms with Crippen molar-refractivity contribution in [3.05, 3.63) is 35.9 Å². The van der Waals surface area contributed by atoms with E-state index in [0.29, 0.717) is 6.54 Å². The summed E-state index contributed by atoms with van der Waals surface area (Å²) < 4.78 is 0. The summed E-state index contributed by atoms with van der Waals surface area (Å²) in [6.07, 6.45) is 2.60. The molecule has 2 atom stereocenters. The number of nitrogens with zero attached hydrogens (tertiary/aromatic N) is 1. The summed E-state index contributed by atoms with van der Waals surface area (Å²) in [7, 11) is 0. The van der Waals surface area contributed by atoms with Gasteiger partial charge in [-0.2, -0.15) is 0 Å². The minimum atomic E-state index is -0.319. The van der Waals surface area contributed by atoms with Gasteiger partial charge in [-0.1, -0.05) is 43.7 Å². The Morgan fingerprint density at radius 3 is 2.67 bits per heavy atom. The molecule has 3 nitrogen and oxygen atoms in total. The molecule has 0 aromatic heterocycles. The molecule has 1 aliphatic carbocycles. The molecule has 2 amide bonds. The fraction of sp³-hybridized carbons (Fsp3) is 0.467. The molecule has 0 N–H and O–H groups in total. The Kier molecular flexibility index (Phi) is 2.51. The molecule has 3 heteroatoms. The van der Waals surface area contributed by atoms with Gasteiger partial charge in [-0.05, 0) is 18.4 Å². The van der Waals surface area contributed by atoms with Gasteiger partial charge in [0.15, 0.2) is 0 Å². The minimum absolute atomic E-state index is 0.0198. The van der Waals surface area contributed by atoms with E-state index in [9.17, 15) is 9.59 Å². The largest absolute Gasteiger partial charge is 0.277 e. The molecule has 0 radical (unpaired) electrons. The molecule has 18 heavy (non-hydrogen) atoms. The third-order valence-corrected chi connectivity index (χ3v) is 4.19. The van der Waals surface area contributed by atoms with Crippen molar-refractivity contribution in [3.8, 4) is 0 Å². The van der Waals surface area contributed by atoms with E-state index >= 15 is 0 Å². The molecule has 0 bridgehead atoms. The van der Waals surface area contributed by atoms with Crippen LogP contribution in [0, 0.1) is 11.3 Å². The molecule has 0 spiro atoms. The number of imide groups is 1. The Bertz CT molecular complexity index is 496. The molecule has 2 fully saturated rings. The first kappa shape index (κ1) is 11.5. The molecule has 94 valence electrons. The van der Waals surface area contributed by atoms with Gasteiger partial charge in [0.05, 0.1) is 17.9 Å². The highest BCUT2D eigenvalue weighted by molar-refractivity contribution is 6.11. The second-order valence-corrected chi connectivity index (χ2v) is 5.38. The normalized spacial score (nSPS) is 29.6. The van der Waals surface area contributed by atoms with Gasteiger partial charge in [-0.25, -0.2) is 0 Å². The number of carbonyl (C=O) groups excluding carboxylic acids is 2. The number of benzene rings is 1. The Morgan fingerprint density at radius 2 is 2.00 bits per heavy atom. The maximum atomic E-state index is 12.4. The van der Waals surface area contributed by atoms with E-state index in [1.54, 1.807) is 0 Å². The summed E-state index contributed by atoms with van der Waals surface area (Å²) in [6, 6.07) is 9.72. The predicted molar refractivity (Wildman–Crippen MR) is 67.4 cm³/mol. The standard InChI is InChI=1S/C15H17NO2/c1-2-8-15-9-12(15)13(17)16(14(15)18)10-11-6-4-3-5-7-11/h3-7,12H,2,8-10H2,1H3. The monoisotopic (exact) mass is 243 g/mol. The van der Waals surface area contributed by atoms with Crippen molar-refractivity contribution < 1.29 is 9.59 Å². The van der Waals surface area contributed by atoms with Gasteiger partial charge in [0.25, 0.3) is 0 Å². The molecule has 2 aliphatic rings. The lowest BCUT2D eigenvalue weighted by molar-refractivity contribution is -0.143. The first-order chi connectivity index (χ1) is 8.69. The first-order valence-electron chi connectivity index (χ1n) is 6.59. The Hall–Kier alpha value is -1.64. The Balaban J connectivity index is 1.79. The molecule has 1 saturated carbocycles. The number of fused-ring (bicyclic) bond motifs is 1. The highest BCUT2D eigenvalue weighted by atomic mass is 16.2. The molecule has 1 heterocycles. The fourth-order valence-corrected chi connectivity index (χ4v) is 3.17. The van der Waals surface area contributed by atoms with Crippen LogP contribution in [-0.2, 0) is 16.1 Å². The van der Waals surface area contributed by atoms with E-state index in [1.807, 2.05) is 30.3 Å². The van der Waals surface area contributed by atoms with Crippen molar-refractivity contribution in [2.75, 3.05) is 0 Å². The molecule has 3 rings (SSSR count). The zero-order chi connectivity index (χ0) is 12.8. The summed E-state index contributed by atoms with van der Waals surface area (Å²) in [6.45, 7) is 2.50. The molecular formula is C15H17NO2. The third kappa shape index (κ3) is 1.50. The Labute approximate surface area is 107 Å². The van der Waals surface area contributed by atoms with Crippen LogP contribution in [0.3, 0.4) is 0 Å². The maximum absolute atomic E-state index is 12.4. The Morgan fingerprint density at radius 1 is 1.28 bits per heavy atom. The zero-order valence-corrected chi connectivity index (χ0v) is 10.6. The molecule has 1 aromatic carbocycles. The number of piperidine rings is 1. The van der Waals surface area contributed by atoms with Crippen LogP contribution < -0.4 is 0 Å². The molecule has 1 saturated heterocycles. The molecule has 2 unspecified atom stereocenters. The quantitative estimate of drug-likeness (QED) is 0.761. The van der Waals surface area contributed by atoms with Crippen LogP contribution in [0.2, 0.25) is 0 Å². The second kappa shape index (κ2) is 3.94. The lowest BCUT2D eigenvalue weighted by Crippen LogP contribution is -2.34. The van der Waals surface area contributed by atoms with Gasteiger partial charge in [0, 0.05) is 0 Å². The van der Waals surface area contributed by atoms with Crippen LogP contribution in [0.15, 0.2) is 30.3 Å². The third-order valence-electron chi connectivity index (χ3n) is 4.19. The minimum Gasteiger partial charge on any atom is -0.277 e. The van der Waals surface area contributed by atoms with Gasteiger partial charge in [0.1, 0.15) is 0 Å². The first-order valence-corrected chi connectivity index (χ1v) is 6.59. The van der Waals surface area contributed by atoms with E-state index in [1.165, 1.54) is 4.90 Å². The number of carbonyl (C=O) groups is 2. The average molecular weight is 243 g/mol. The summed E-state index contributed by atoms with van der Waals surface area (Å²) >= 11 is 0. The number of rotatable bonds is 4. The summed E-state index contributed by atoms with van der Waals surface area (Å²) in [4.78, 5) is 26.0. The van der Waals surface area contributed by atoms with Gasteiger partial charge < -0.3 is 0 Å². The second-order valence-electron chi connectivity index (χ2n) is 5.38. The van der Waals surface area contributed by atoms with E-state index in [0.717, 1.165) is 24.8 Å². The van der Waals surface area contributed by atoms with E-state index in [-0.39, 0.29) is 23.1 Å². The van der Waals surface area contributed by atoms with Crippen LogP contribution >= 0.6 is 0 Å². The lowest BCUT2D eigenvalue weighted by Gasteiger charge is -2.19. The number of hydrogen-bond acceptors (Lipinski definition) is 2. The number of likely N-dealkylation sites (tertiary alicyclic amines) is 1. The van der Waals surface area contributed by atoms with Crippen molar-refractivity contribution in [1.82, 2.24) is 4.90 Å². The van der Waals surface area contributed by atoms with Gasteiger partial charge in [-0.3, -0.25) is 14.5 Å². The van der Waals surface area contributed by atoms with E-state index in [2.05, 4.69) is 6.92 Å². The molecule has 1 aromatic rings. The predicted octanol–water partition coefficient (Wildman–Crippen LogP) is 2.36. The van der Waals surface area contributed by atoms with Gasteiger partial charge in [0.2, 0.25) is 11.8 Å². The topological polar surface area (TPSA) is 37.4 Å². The van der Waals surface area contributed by atoms with Crippen LogP contribution in [0.25, 0.3) is 0 Å². The van der Waals surface area contributed by atoms with E-state index in [4.69, 9.17) is 0 Å². The van der Waals surface area contributed by atoms with Crippen LogP contribution in [0.4, 0.5) is 0 Å². The fourth-order valence-electron chi connectivity index (χ4n) is 3.17. The van der Waals surface area contributed by atoms with Crippen molar-refractivity contribution in [3.63, 3.8) is 0 Å².